The van der Waals surface area contributed by atoms with Crippen LogP contribution in [-0.2, 0) is 5.60 Å². The Labute approximate surface area is 104 Å². The van der Waals surface area contributed by atoms with Crippen LogP contribution >= 0.6 is 0 Å². The number of phenols is 1. The Morgan fingerprint density at radius 2 is 1.71 bits per heavy atom. The lowest BCUT2D eigenvalue weighted by Gasteiger charge is -2.29. The molecule has 0 aliphatic carbocycles. The van der Waals surface area contributed by atoms with E-state index in [1.165, 1.54) is 0 Å². The van der Waals surface area contributed by atoms with Crippen LogP contribution in [0.1, 0.15) is 52.0 Å². The van der Waals surface area contributed by atoms with Crippen molar-refractivity contribution in [1.29, 1.82) is 0 Å². The van der Waals surface area contributed by atoms with Crippen LogP contribution in [-0.4, -0.2) is 10.2 Å². The predicted octanol–water partition coefficient (Wildman–Crippen LogP) is 3.82. The average Bonchev–Trinajstić information content (AvgIpc) is 2.28. The van der Waals surface area contributed by atoms with Gasteiger partial charge < -0.3 is 10.2 Å². The van der Waals surface area contributed by atoms with Gasteiger partial charge in [0.05, 0.1) is 5.60 Å². The highest BCUT2D eigenvalue weighted by atomic mass is 16.3. The Bertz CT molecular complexity index is 329. The second-order valence-electron chi connectivity index (χ2n) is 5.26. The van der Waals surface area contributed by atoms with Crippen molar-refractivity contribution in [2.24, 2.45) is 5.92 Å². The number of phenolic OH excluding ortho intramolecular Hbond substituents is 1. The highest BCUT2D eigenvalue weighted by Gasteiger charge is 2.27. The average molecular weight is 236 g/mol. The fraction of sp³-hybridized carbons (Fsp3) is 0.600. The van der Waals surface area contributed by atoms with Crippen LogP contribution in [0.15, 0.2) is 24.3 Å². The maximum atomic E-state index is 10.7. The molecule has 0 saturated heterocycles. The summed E-state index contributed by atoms with van der Waals surface area (Å²) in [5.74, 6) is 0.840. The summed E-state index contributed by atoms with van der Waals surface area (Å²) < 4.78 is 0. The standard InChI is InChI=1S/C15H24O2/c1-4-10-15(17,11-9-12(2)3)13-5-7-14(16)8-6-13/h5-8,12,16-17H,4,9-11H2,1-3H3. The van der Waals surface area contributed by atoms with Gasteiger partial charge in [-0.15, -0.1) is 0 Å². The van der Waals surface area contributed by atoms with Gasteiger partial charge in [0.15, 0.2) is 0 Å². The summed E-state index contributed by atoms with van der Waals surface area (Å²) in [6, 6.07) is 6.94. The molecule has 1 atom stereocenters. The first-order valence-electron chi connectivity index (χ1n) is 6.50. The quantitative estimate of drug-likeness (QED) is 0.788. The molecule has 1 aromatic carbocycles. The van der Waals surface area contributed by atoms with E-state index in [1.54, 1.807) is 12.1 Å². The van der Waals surface area contributed by atoms with Gasteiger partial charge in [0, 0.05) is 0 Å². The van der Waals surface area contributed by atoms with Gasteiger partial charge in [-0.2, -0.15) is 0 Å². The van der Waals surface area contributed by atoms with Crippen LogP contribution in [0, 0.1) is 5.92 Å². The molecule has 0 aliphatic heterocycles. The highest BCUT2D eigenvalue weighted by Crippen LogP contribution is 2.33. The molecule has 0 bridgehead atoms. The Balaban J connectivity index is 2.85. The van der Waals surface area contributed by atoms with Crippen molar-refractivity contribution in [2.75, 3.05) is 0 Å². The molecule has 1 unspecified atom stereocenters. The first-order chi connectivity index (χ1) is 7.98. The summed E-state index contributed by atoms with van der Waals surface area (Å²) in [5, 5.41) is 20.0. The molecule has 1 aromatic rings. The summed E-state index contributed by atoms with van der Waals surface area (Å²) in [6.45, 7) is 6.42. The molecular weight excluding hydrogens is 212 g/mol. The van der Waals surface area contributed by atoms with Gasteiger partial charge in [-0.3, -0.25) is 0 Å². The van der Waals surface area contributed by atoms with E-state index >= 15 is 0 Å². The highest BCUT2D eigenvalue weighted by molar-refractivity contribution is 5.29. The molecule has 17 heavy (non-hydrogen) atoms. The lowest BCUT2D eigenvalue weighted by atomic mass is 9.83. The molecule has 2 nitrogen and oxygen atoms in total. The van der Waals surface area contributed by atoms with E-state index in [1.807, 2.05) is 12.1 Å². The van der Waals surface area contributed by atoms with Crippen molar-refractivity contribution in [1.82, 2.24) is 0 Å². The van der Waals surface area contributed by atoms with E-state index in [4.69, 9.17) is 0 Å². The fourth-order valence-electron chi connectivity index (χ4n) is 2.13. The summed E-state index contributed by atoms with van der Waals surface area (Å²) in [6.07, 6.45) is 3.51. The topological polar surface area (TPSA) is 40.5 Å². The SMILES string of the molecule is CCCC(O)(CCC(C)C)c1ccc(O)cc1. The second kappa shape index (κ2) is 6.06. The maximum absolute atomic E-state index is 10.7. The third kappa shape index (κ3) is 4.04. The molecule has 0 spiro atoms. The Morgan fingerprint density at radius 1 is 1.12 bits per heavy atom. The van der Waals surface area contributed by atoms with E-state index in [2.05, 4.69) is 20.8 Å². The minimum Gasteiger partial charge on any atom is -0.508 e. The summed E-state index contributed by atoms with van der Waals surface area (Å²) in [4.78, 5) is 0. The first kappa shape index (κ1) is 14.0. The summed E-state index contributed by atoms with van der Waals surface area (Å²) in [5.41, 5.74) is 0.171. The summed E-state index contributed by atoms with van der Waals surface area (Å²) in [7, 11) is 0. The van der Waals surface area contributed by atoms with Crippen molar-refractivity contribution in [3.63, 3.8) is 0 Å². The zero-order chi connectivity index (χ0) is 12.9. The van der Waals surface area contributed by atoms with Crippen molar-refractivity contribution in [3.05, 3.63) is 29.8 Å². The van der Waals surface area contributed by atoms with Crippen LogP contribution in [0.25, 0.3) is 0 Å². The molecule has 1 rings (SSSR count). The number of aromatic hydroxyl groups is 1. The van der Waals surface area contributed by atoms with Crippen molar-refractivity contribution in [2.45, 2.75) is 52.1 Å². The molecular formula is C15H24O2. The van der Waals surface area contributed by atoms with E-state index in [-0.39, 0.29) is 5.75 Å². The van der Waals surface area contributed by atoms with E-state index in [0.29, 0.717) is 5.92 Å². The number of hydrogen-bond donors (Lipinski definition) is 2. The van der Waals surface area contributed by atoms with Gasteiger partial charge in [0.25, 0.3) is 0 Å². The van der Waals surface area contributed by atoms with E-state index < -0.39 is 5.60 Å². The number of rotatable bonds is 6. The zero-order valence-electron chi connectivity index (χ0n) is 11.1. The Morgan fingerprint density at radius 3 is 2.18 bits per heavy atom. The monoisotopic (exact) mass is 236 g/mol. The van der Waals surface area contributed by atoms with Gasteiger partial charge >= 0.3 is 0 Å². The van der Waals surface area contributed by atoms with Crippen molar-refractivity contribution in [3.8, 4) is 5.75 Å². The molecule has 2 heteroatoms. The van der Waals surface area contributed by atoms with E-state index in [0.717, 1.165) is 31.2 Å². The van der Waals surface area contributed by atoms with Crippen LogP contribution in [0.4, 0.5) is 0 Å². The van der Waals surface area contributed by atoms with Gasteiger partial charge in [0.2, 0.25) is 0 Å². The third-order valence-electron chi connectivity index (χ3n) is 3.20. The molecule has 0 aromatic heterocycles. The van der Waals surface area contributed by atoms with E-state index in [9.17, 15) is 10.2 Å². The van der Waals surface area contributed by atoms with Gasteiger partial charge in [-0.1, -0.05) is 39.3 Å². The lowest BCUT2D eigenvalue weighted by Crippen LogP contribution is -2.26. The fourth-order valence-corrected chi connectivity index (χ4v) is 2.13. The Kier molecular flexibility index (Phi) is 5.01. The second-order valence-corrected chi connectivity index (χ2v) is 5.26. The van der Waals surface area contributed by atoms with Gasteiger partial charge in [-0.05, 0) is 42.9 Å². The zero-order valence-corrected chi connectivity index (χ0v) is 11.1. The van der Waals surface area contributed by atoms with Crippen LogP contribution in [0.5, 0.6) is 5.75 Å². The minimum atomic E-state index is -0.743. The molecule has 0 radical (unpaired) electrons. The molecule has 0 amide bonds. The smallest absolute Gasteiger partial charge is 0.115 e. The van der Waals surface area contributed by atoms with Gasteiger partial charge in [0.1, 0.15) is 5.75 Å². The predicted molar refractivity (Wildman–Crippen MR) is 71.0 cm³/mol. The van der Waals surface area contributed by atoms with Crippen molar-refractivity contribution < 1.29 is 10.2 Å². The van der Waals surface area contributed by atoms with Crippen LogP contribution in [0.3, 0.4) is 0 Å². The van der Waals surface area contributed by atoms with Crippen LogP contribution < -0.4 is 0 Å². The van der Waals surface area contributed by atoms with Gasteiger partial charge in [-0.25, -0.2) is 0 Å². The molecule has 0 heterocycles. The number of hydrogen-bond acceptors (Lipinski definition) is 2. The molecule has 0 saturated carbocycles. The lowest BCUT2D eigenvalue weighted by molar-refractivity contribution is 0.0126. The third-order valence-corrected chi connectivity index (χ3v) is 3.20. The molecule has 0 aliphatic rings. The molecule has 0 fully saturated rings. The number of aliphatic hydroxyl groups is 1. The molecule has 96 valence electrons. The van der Waals surface area contributed by atoms with Crippen molar-refractivity contribution >= 4 is 0 Å². The minimum absolute atomic E-state index is 0.247. The first-order valence-corrected chi connectivity index (χ1v) is 6.50. The van der Waals surface area contributed by atoms with Crippen LogP contribution in [0.2, 0.25) is 0 Å². The Hall–Kier alpha value is -1.02. The normalized spacial score (nSPS) is 14.9. The summed E-state index contributed by atoms with van der Waals surface area (Å²) >= 11 is 0. The number of benzene rings is 1. The molecule has 2 N–H and O–H groups in total. The largest absolute Gasteiger partial charge is 0.508 e. The maximum Gasteiger partial charge on any atom is 0.115 e.